The SMILES string of the molecule is CCCCCCCC1=CN=C([C@H]2CC[C@H](C#N)CC2)OC1. The van der Waals surface area contributed by atoms with E-state index in [0.717, 1.165) is 44.6 Å². The maximum Gasteiger partial charge on any atom is 0.191 e. The summed E-state index contributed by atoms with van der Waals surface area (Å²) in [4.78, 5) is 4.55. The van der Waals surface area contributed by atoms with Gasteiger partial charge in [-0.05, 0) is 44.1 Å². The summed E-state index contributed by atoms with van der Waals surface area (Å²) in [6, 6.07) is 2.38. The van der Waals surface area contributed by atoms with E-state index >= 15 is 0 Å². The fourth-order valence-electron chi connectivity index (χ4n) is 3.18. The van der Waals surface area contributed by atoms with E-state index in [2.05, 4.69) is 18.0 Å². The van der Waals surface area contributed by atoms with Crippen LogP contribution in [0, 0.1) is 23.2 Å². The molecule has 116 valence electrons. The lowest BCUT2D eigenvalue weighted by molar-refractivity contribution is 0.268. The smallest absolute Gasteiger partial charge is 0.191 e. The molecule has 0 aromatic carbocycles. The van der Waals surface area contributed by atoms with Crippen molar-refractivity contribution in [3.8, 4) is 6.07 Å². The molecule has 0 N–H and O–H groups in total. The van der Waals surface area contributed by atoms with Gasteiger partial charge >= 0.3 is 0 Å². The highest BCUT2D eigenvalue weighted by atomic mass is 16.5. The monoisotopic (exact) mass is 288 g/mol. The molecule has 1 aliphatic carbocycles. The number of unbranched alkanes of at least 4 members (excludes halogenated alkanes) is 4. The summed E-state index contributed by atoms with van der Waals surface area (Å²) in [5.74, 6) is 1.61. The van der Waals surface area contributed by atoms with Crippen LogP contribution < -0.4 is 0 Å². The zero-order valence-corrected chi connectivity index (χ0v) is 13.3. The first-order valence-corrected chi connectivity index (χ1v) is 8.61. The third-order valence-corrected chi connectivity index (χ3v) is 4.64. The van der Waals surface area contributed by atoms with Crippen LogP contribution in [0.5, 0.6) is 0 Å². The number of rotatable bonds is 7. The van der Waals surface area contributed by atoms with Gasteiger partial charge in [0.1, 0.15) is 6.61 Å². The predicted octanol–water partition coefficient (Wildman–Crippen LogP) is 4.99. The van der Waals surface area contributed by atoms with Crippen LogP contribution in [0.3, 0.4) is 0 Å². The molecule has 0 spiro atoms. The fraction of sp³-hybridized carbons (Fsp3) is 0.778. The van der Waals surface area contributed by atoms with Crippen LogP contribution in [-0.2, 0) is 4.74 Å². The molecule has 21 heavy (non-hydrogen) atoms. The van der Waals surface area contributed by atoms with Crippen molar-refractivity contribution in [1.82, 2.24) is 0 Å². The molecule has 3 heteroatoms. The van der Waals surface area contributed by atoms with Crippen molar-refractivity contribution in [2.24, 2.45) is 16.8 Å². The highest BCUT2D eigenvalue weighted by Crippen LogP contribution is 2.30. The van der Waals surface area contributed by atoms with Gasteiger partial charge in [0.2, 0.25) is 0 Å². The van der Waals surface area contributed by atoms with E-state index in [1.165, 1.54) is 37.7 Å². The Labute approximate surface area is 129 Å². The van der Waals surface area contributed by atoms with E-state index in [-0.39, 0.29) is 5.92 Å². The summed E-state index contributed by atoms with van der Waals surface area (Å²) in [7, 11) is 0. The van der Waals surface area contributed by atoms with Crippen LogP contribution in [-0.4, -0.2) is 12.5 Å². The Morgan fingerprint density at radius 1 is 1.19 bits per heavy atom. The van der Waals surface area contributed by atoms with Gasteiger partial charge in [-0.25, -0.2) is 4.99 Å². The van der Waals surface area contributed by atoms with Crippen LogP contribution in [0.15, 0.2) is 16.8 Å². The van der Waals surface area contributed by atoms with E-state index in [0.29, 0.717) is 5.92 Å². The molecule has 2 aliphatic rings. The number of nitrogens with zero attached hydrogens (tertiary/aromatic N) is 2. The third-order valence-electron chi connectivity index (χ3n) is 4.64. The number of ether oxygens (including phenoxy) is 1. The topological polar surface area (TPSA) is 45.4 Å². The molecule has 0 aromatic rings. The predicted molar refractivity (Wildman–Crippen MR) is 85.9 cm³/mol. The minimum absolute atomic E-state index is 0.250. The first-order valence-electron chi connectivity index (χ1n) is 8.61. The van der Waals surface area contributed by atoms with E-state index < -0.39 is 0 Å². The van der Waals surface area contributed by atoms with Gasteiger partial charge in [-0.2, -0.15) is 5.26 Å². The first-order chi connectivity index (χ1) is 10.3. The second-order valence-corrected chi connectivity index (χ2v) is 6.39. The van der Waals surface area contributed by atoms with Crippen molar-refractivity contribution in [3.05, 3.63) is 11.8 Å². The van der Waals surface area contributed by atoms with Crippen molar-refractivity contribution < 1.29 is 4.74 Å². The molecule has 0 bridgehead atoms. The summed E-state index contributed by atoms with van der Waals surface area (Å²) in [5.41, 5.74) is 1.33. The van der Waals surface area contributed by atoms with Crippen LogP contribution >= 0.6 is 0 Å². The lowest BCUT2D eigenvalue weighted by Gasteiger charge is -2.27. The fourth-order valence-corrected chi connectivity index (χ4v) is 3.18. The summed E-state index contributed by atoms with van der Waals surface area (Å²) >= 11 is 0. The molecular formula is C18H28N2O. The van der Waals surface area contributed by atoms with Crippen molar-refractivity contribution in [2.45, 2.75) is 71.1 Å². The van der Waals surface area contributed by atoms with Gasteiger partial charge in [0.15, 0.2) is 5.90 Å². The summed E-state index contributed by atoms with van der Waals surface area (Å²) in [6.45, 7) is 2.97. The summed E-state index contributed by atoms with van der Waals surface area (Å²) in [5, 5.41) is 8.94. The molecule has 1 fully saturated rings. The highest BCUT2D eigenvalue weighted by molar-refractivity contribution is 5.80. The van der Waals surface area contributed by atoms with Crippen molar-refractivity contribution >= 4 is 5.90 Å². The van der Waals surface area contributed by atoms with Gasteiger partial charge in [0.05, 0.1) is 6.07 Å². The number of hydrogen-bond acceptors (Lipinski definition) is 3. The molecule has 0 saturated heterocycles. The second kappa shape index (κ2) is 8.87. The Balaban J connectivity index is 1.72. The van der Waals surface area contributed by atoms with Gasteiger partial charge in [-0.3, -0.25) is 0 Å². The van der Waals surface area contributed by atoms with Crippen molar-refractivity contribution in [3.63, 3.8) is 0 Å². The lowest BCUT2D eigenvalue weighted by Crippen LogP contribution is -2.25. The third kappa shape index (κ3) is 5.19. The normalized spacial score (nSPS) is 25.5. The minimum atomic E-state index is 0.250. The average molecular weight is 288 g/mol. The van der Waals surface area contributed by atoms with Crippen LogP contribution in [0.25, 0.3) is 0 Å². The van der Waals surface area contributed by atoms with Gasteiger partial charge in [-0.15, -0.1) is 0 Å². The van der Waals surface area contributed by atoms with Crippen molar-refractivity contribution in [2.75, 3.05) is 6.61 Å². The minimum Gasteiger partial charge on any atom is -0.476 e. The molecular weight excluding hydrogens is 260 g/mol. The second-order valence-electron chi connectivity index (χ2n) is 6.39. The number of aliphatic imine (C=N–C) groups is 1. The zero-order chi connectivity index (χ0) is 14.9. The molecule has 0 amide bonds. The molecule has 0 aromatic heterocycles. The van der Waals surface area contributed by atoms with E-state index in [1.54, 1.807) is 0 Å². The van der Waals surface area contributed by atoms with Gasteiger partial charge in [-0.1, -0.05) is 32.6 Å². The molecule has 1 heterocycles. The Morgan fingerprint density at radius 2 is 1.95 bits per heavy atom. The molecule has 0 atom stereocenters. The average Bonchev–Trinajstić information content (AvgIpc) is 2.55. The zero-order valence-electron chi connectivity index (χ0n) is 13.3. The van der Waals surface area contributed by atoms with Gasteiger partial charge < -0.3 is 4.74 Å². The molecule has 3 nitrogen and oxygen atoms in total. The summed E-state index contributed by atoms with van der Waals surface area (Å²) < 4.78 is 5.88. The summed E-state index contributed by atoms with van der Waals surface area (Å²) in [6.07, 6.45) is 13.8. The van der Waals surface area contributed by atoms with Crippen LogP contribution in [0.1, 0.15) is 71.1 Å². The largest absolute Gasteiger partial charge is 0.476 e. The number of hydrogen-bond donors (Lipinski definition) is 0. The Morgan fingerprint density at radius 3 is 2.57 bits per heavy atom. The number of nitriles is 1. The lowest BCUT2D eigenvalue weighted by atomic mass is 9.82. The van der Waals surface area contributed by atoms with Gasteiger partial charge in [0.25, 0.3) is 0 Å². The molecule has 0 unspecified atom stereocenters. The Hall–Kier alpha value is -1.30. The van der Waals surface area contributed by atoms with E-state index in [1.807, 2.05) is 6.20 Å². The van der Waals surface area contributed by atoms with E-state index in [4.69, 9.17) is 10.00 Å². The standard InChI is InChI=1S/C18H28N2O/c1-2-3-4-5-6-7-16-13-20-18(21-14-16)17-10-8-15(12-19)9-11-17/h13,15,17H,2-11,14H2,1H3/t15-,17-. The molecule has 0 radical (unpaired) electrons. The maximum atomic E-state index is 8.94. The Kier molecular flexibility index (Phi) is 6.79. The quantitative estimate of drug-likeness (QED) is 0.619. The molecule has 1 saturated carbocycles. The van der Waals surface area contributed by atoms with Crippen molar-refractivity contribution in [1.29, 1.82) is 5.26 Å². The van der Waals surface area contributed by atoms with Crippen LogP contribution in [0.2, 0.25) is 0 Å². The van der Waals surface area contributed by atoms with Crippen LogP contribution in [0.4, 0.5) is 0 Å². The Bertz CT molecular complexity index is 411. The highest BCUT2D eigenvalue weighted by Gasteiger charge is 2.26. The van der Waals surface area contributed by atoms with E-state index in [9.17, 15) is 0 Å². The molecule has 1 aliphatic heterocycles. The maximum absolute atomic E-state index is 8.94. The van der Waals surface area contributed by atoms with Gasteiger partial charge in [0, 0.05) is 18.0 Å². The first kappa shape index (κ1) is 16.1. The molecule has 2 rings (SSSR count).